The van der Waals surface area contributed by atoms with Crippen LogP contribution in [0.2, 0.25) is 0 Å². The third-order valence-corrected chi connectivity index (χ3v) is 5.49. The second-order valence-corrected chi connectivity index (χ2v) is 7.19. The van der Waals surface area contributed by atoms with E-state index in [-0.39, 0.29) is 11.9 Å². The summed E-state index contributed by atoms with van der Waals surface area (Å²) in [5.41, 5.74) is 4.05. The van der Waals surface area contributed by atoms with Gasteiger partial charge in [-0.2, -0.15) is 0 Å². The maximum Gasteiger partial charge on any atom is 0.227 e. The van der Waals surface area contributed by atoms with Gasteiger partial charge < -0.3 is 14.8 Å². The first-order valence-electron chi connectivity index (χ1n) is 9.30. The van der Waals surface area contributed by atoms with Crippen molar-refractivity contribution in [3.63, 3.8) is 0 Å². The fraction of sp³-hybridized carbons (Fsp3) is 0.500. The van der Waals surface area contributed by atoms with Crippen LogP contribution < -0.4 is 5.32 Å². The molecule has 1 amide bonds. The van der Waals surface area contributed by atoms with E-state index in [0.717, 1.165) is 37.4 Å². The Balaban J connectivity index is 1.52. The number of aromatic nitrogens is 2. The summed E-state index contributed by atoms with van der Waals surface area (Å²) in [5.74, 6) is 1.15. The largest absolute Gasteiger partial charge is 0.336 e. The fourth-order valence-electron chi connectivity index (χ4n) is 4.10. The van der Waals surface area contributed by atoms with Crippen molar-refractivity contribution in [3.05, 3.63) is 53.1 Å². The molecule has 1 aliphatic carbocycles. The van der Waals surface area contributed by atoms with Crippen LogP contribution in [0.15, 0.2) is 30.6 Å². The molecule has 1 aliphatic heterocycles. The maximum absolute atomic E-state index is 13.0. The second-order valence-electron chi connectivity index (χ2n) is 7.19. The van der Waals surface area contributed by atoms with Crippen molar-refractivity contribution in [2.75, 3.05) is 19.6 Å². The van der Waals surface area contributed by atoms with Gasteiger partial charge in [-0.3, -0.25) is 4.79 Å². The summed E-state index contributed by atoms with van der Waals surface area (Å²) in [4.78, 5) is 19.5. The molecule has 2 aromatic rings. The molecule has 0 saturated carbocycles. The highest BCUT2D eigenvalue weighted by molar-refractivity contribution is 5.79. The lowest BCUT2D eigenvalue weighted by Crippen LogP contribution is -2.49. The van der Waals surface area contributed by atoms with Gasteiger partial charge in [-0.25, -0.2) is 4.98 Å². The molecule has 0 spiro atoms. The number of carbonyl (C=O) groups is 1. The molecular formula is C20H26N4O. The van der Waals surface area contributed by atoms with Crippen molar-refractivity contribution < 1.29 is 4.79 Å². The highest BCUT2D eigenvalue weighted by Gasteiger charge is 2.30. The summed E-state index contributed by atoms with van der Waals surface area (Å²) in [5, 5.41) is 3.39. The number of rotatable bonds is 3. The predicted octanol–water partition coefficient (Wildman–Crippen LogP) is 2.01. The number of piperazine rings is 1. The monoisotopic (exact) mass is 338 g/mol. The van der Waals surface area contributed by atoms with Crippen molar-refractivity contribution in [3.8, 4) is 0 Å². The smallest absolute Gasteiger partial charge is 0.227 e. The van der Waals surface area contributed by atoms with Crippen molar-refractivity contribution >= 4 is 5.91 Å². The maximum atomic E-state index is 13.0. The lowest BCUT2D eigenvalue weighted by Gasteiger charge is -2.36. The average molecular weight is 338 g/mol. The molecule has 1 aromatic heterocycles. The Hall–Kier alpha value is -2.14. The number of nitrogens with one attached hydrogen (secondary N) is 1. The summed E-state index contributed by atoms with van der Waals surface area (Å²) in [7, 11) is 1.99. The van der Waals surface area contributed by atoms with E-state index in [9.17, 15) is 4.79 Å². The Kier molecular flexibility index (Phi) is 4.57. The van der Waals surface area contributed by atoms with Crippen LogP contribution in [0.5, 0.6) is 0 Å². The molecule has 1 N–H and O–H groups in total. The summed E-state index contributed by atoms with van der Waals surface area (Å²) >= 11 is 0. The van der Waals surface area contributed by atoms with Gasteiger partial charge in [0.15, 0.2) is 0 Å². The zero-order chi connectivity index (χ0) is 17.2. The Labute approximate surface area is 149 Å². The first-order chi connectivity index (χ1) is 12.2. The van der Waals surface area contributed by atoms with Crippen molar-refractivity contribution in [1.29, 1.82) is 0 Å². The zero-order valence-electron chi connectivity index (χ0n) is 14.9. The molecule has 1 aromatic carbocycles. The third-order valence-electron chi connectivity index (χ3n) is 5.49. The van der Waals surface area contributed by atoms with E-state index in [0.29, 0.717) is 6.42 Å². The van der Waals surface area contributed by atoms with E-state index in [4.69, 9.17) is 0 Å². The van der Waals surface area contributed by atoms with E-state index in [1.807, 2.05) is 22.7 Å². The minimum absolute atomic E-state index is 0.0128. The zero-order valence-corrected chi connectivity index (χ0v) is 14.9. The van der Waals surface area contributed by atoms with Crippen LogP contribution in [0.25, 0.3) is 0 Å². The number of aryl methyl sites for hydroxylation is 3. The number of fused-ring (bicyclic) bond motifs is 1. The summed E-state index contributed by atoms with van der Waals surface area (Å²) in [6.07, 6.45) is 9.12. The van der Waals surface area contributed by atoms with E-state index in [1.165, 1.54) is 30.4 Å². The molecule has 1 unspecified atom stereocenters. The standard InChI is InChI=1S/C20H26N4O/c1-23-10-9-22-20(23)18-14-21-8-11-24(18)19(25)13-15-6-7-16-4-2-3-5-17(16)12-15/h6-7,9-10,12,18,21H,2-5,8,11,13-14H2,1H3. The Morgan fingerprint density at radius 1 is 1.28 bits per heavy atom. The van der Waals surface area contributed by atoms with Crippen LogP contribution in [-0.4, -0.2) is 40.0 Å². The van der Waals surface area contributed by atoms with Gasteiger partial charge in [-0.05, 0) is 42.4 Å². The van der Waals surface area contributed by atoms with Crippen LogP contribution in [0.4, 0.5) is 0 Å². The lowest BCUT2D eigenvalue weighted by molar-refractivity contribution is -0.134. The summed E-state index contributed by atoms with van der Waals surface area (Å²) < 4.78 is 2.01. The van der Waals surface area contributed by atoms with Crippen molar-refractivity contribution in [2.24, 2.45) is 7.05 Å². The molecule has 0 radical (unpaired) electrons. The van der Waals surface area contributed by atoms with Crippen LogP contribution in [-0.2, 0) is 31.1 Å². The van der Waals surface area contributed by atoms with Gasteiger partial charge in [0.2, 0.25) is 5.91 Å². The number of imidazole rings is 1. The molecular weight excluding hydrogens is 312 g/mol. The van der Waals surface area contributed by atoms with E-state index >= 15 is 0 Å². The number of amides is 1. The fourth-order valence-corrected chi connectivity index (χ4v) is 4.10. The quantitative estimate of drug-likeness (QED) is 0.931. The first kappa shape index (κ1) is 16.3. The minimum atomic E-state index is 0.0128. The highest BCUT2D eigenvalue weighted by Crippen LogP contribution is 2.24. The normalized spacial score (nSPS) is 20.4. The molecule has 1 atom stereocenters. The summed E-state index contributed by atoms with van der Waals surface area (Å²) in [6.45, 7) is 2.35. The third kappa shape index (κ3) is 3.33. The van der Waals surface area contributed by atoms with E-state index in [1.54, 1.807) is 6.20 Å². The van der Waals surface area contributed by atoms with Crippen molar-refractivity contribution in [2.45, 2.75) is 38.1 Å². The molecule has 2 aliphatic rings. The molecule has 0 bridgehead atoms. The number of hydrogen-bond acceptors (Lipinski definition) is 3. The Morgan fingerprint density at radius 2 is 2.12 bits per heavy atom. The molecule has 132 valence electrons. The van der Waals surface area contributed by atoms with Crippen LogP contribution in [0, 0.1) is 0 Å². The van der Waals surface area contributed by atoms with E-state index < -0.39 is 0 Å². The van der Waals surface area contributed by atoms with Gasteiger partial charge in [-0.15, -0.1) is 0 Å². The van der Waals surface area contributed by atoms with Crippen molar-refractivity contribution in [1.82, 2.24) is 19.8 Å². The first-order valence-corrected chi connectivity index (χ1v) is 9.30. The Morgan fingerprint density at radius 3 is 2.92 bits per heavy atom. The van der Waals surface area contributed by atoms with Gasteiger partial charge >= 0.3 is 0 Å². The number of nitrogens with zero attached hydrogens (tertiary/aromatic N) is 3. The topological polar surface area (TPSA) is 50.2 Å². The summed E-state index contributed by atoms with van der Waals surface area (Å²) in [6, 6.07) is 6.63. The molecule has 4 rings (SSSR count). The number of hydrogen-bond donors (Lipinski definition) is 1. The van der Waals surface area contributed by atoms with Gasteiger partial charge in [0.1, 0.15) is 11.9 Å². The van der Waals surface area contributed by atoms with Crippen LogP contribution in [0.3, 0.4) is 0 Å². The average Bonchev–Trinajstić information content (AvgIpc) is 3.07. The van der Waals surface area contributed by atoms with Gasteiger partial charge in [0.05, 0.1) is 6.42 Å². The van der Waals surface area contributed by atoms with E-state index in [2.05, 4.69) is 28.5 Å². The molecule has 1 fully saturated rings. The van der Waals surface area contributed by atoms with Gasteiger partial charge in [0.25, 0.3) is 0 Å². The minimum Gasteiger partial charge on any atom is -0.336 e. The number of benzene rings is 1. The lowest BCUT2D eigenvalue weighted by atomic mass is 9.90. The SMILES string of the molecule is Cn1ccnc1C1CNCCN1C(=O)Cc1ccc2c(c1)CCCC2. The van der Waals surface area contributed by atoms with Crippen LogP contribution in [0.1, 0.15) is 41.4 Å². The molecule has 2 heterocycles. The molecule has 5 nitrogen and oxygen atoms in total. The highest BCUT2D eigenvalue weighted by atomic mass is 16.2. The Bertz CT molecular complexity index is 767. The van der Waals surface area contributed by atoms with Gasteiger partial charge in [0, 0.05) is 39.1 Å². The number of carbonyl (C=O) groups excluding carboxylic acids is 1. The molecule has 25 heavy (non-hydrogen) atoms. The van der Waals surface area contributed by atoms with Gasteiger partial charge in [-0.1, -0.05) is 18.2 Å². The molecule has 1 saturated heterocycles. The second kappa shape index (κ2) is 7.00. The van der Waals surface area contributed by atoms with Crippen LogP contribution >= 0.6 is 0 Å². The molecule has 5 heteroatoms. The predicted molar refractivity (Wildman–Crippen MR) is 97.3 cm³/mol.